The fraction of sp³-hybridized carbons (Fsp3) is 0.200. The number of hydrogen-bond acceptors (Lipinski definition) is 4. The number of nitrogens with one attached hydrogen (secondary N) is 2. The van der Waals surface area contributed by atoms with Gasteiger partial charge >= 0.3 is 0 Å². The summed E-state index contributed by atoms with van der Waals surface area (Å²) in [6.45, 7) is 1.73. The van der Waals surface area contributed by atoms with E-state index in [4.69, 9.17) is 4.74 Å². The number of nitrogens with zero attached hydrogens (tertiary/aromatic N) is 1. The Labute approximate surface area is 172 Å². The molecule has 0 aliphatic carbocycles. The number of para-hydroxylation sites is 1. The molecule has 0 saturated carbocycles. The van der Waals surface area contributed by atoms with E-state index in [9.17, 15) is 0 Å². The lowest BCUT2D eigenvalue weighted by atomic mass is 10.0. The van der Waals surface area contributed by atoms with Crippen molar-refractivity contribution >= 4 is 22.6 Å². The second-order valence-corrected chi connectivity index (χ2v) is 7.54. The van der Waals surface area contributed by atoms with Crippen molar-refractivity contribution in [2.24, 2.45) is 0 Å². The number of rotatable bonds is 6. The maximum atomic E-state index is 5.34. The topological polar surface area (TPSA) is 36.5 Å². The van der Waals surface area contributed by atoms with Gasteiger partial charge in [-0.05, 0) is 67.7 Å². The van der Waals surface area contributed by atoms with Gasteiger partial charge in [-0.15, -0.1) is 0 Å². The molecule has 3 aromatic carbocycles. The second-order valence-electron chi connectivity index (χ2n) is 7.54. The Kier molecular flexibility index (Phi) is 5.54. The summed E-state index contributed by atoms with van der Waals surface area (Å²) in [5, 5.41) is 7.19. The van der Waals surface area contributed by atoms with Crippen LogP contribution >= 0.6 is 0 Å². The van der Waals surface area contributed by atoms with E-state index in [1.165, 1.54) is 22.4 Å². The number of benzene rings is 3. The molecule has 0 unspecified atom stereocenters. The summed E-state index contributed by atoms with van der Waals surface area (Å²) in [4.78, 5) is 2.17. The summed E-state index contributed by atoms with van der Waals surface area (Å²) >= 11 is 0. The zero-order valence-corrected chi connectivity index (χ0v) is 17.2. The maximum Gasteiger partial charge on any atom is 0.118 e. The van der Waals surface area contributed by atoms with Gasteiger partial charge in [0.1, 0.15) is 5.75 Å². The first-order valence-electron chi connectivity index (χ1n) is 9.85. The molecule has 3 aromatic rings. The van der Waals surface area contributed by atoms with E-state index in [1.54, 1.807) is 7.11 Å². The average Bonchev–Trinajstić information content (AvgIpc) is 3.17. The first-order chi connectivity index (χ1) is 14.1. The first kappa shape index (κ1) is 19.1. The molecule has 4 rings (SSSR count). The van der Waals surface area contributed by atoms with Gasteiger partial charge in [0.05, 0.1) is 12.8 Å². The van der Waals surface area contributed by atoms with Gasteiger partial charge in [-0.1, -0.05) is 30.3 Å². The van der Waals surface area contributed by atoms with Crippen LogP contribution in [0.1, 0.15) is 16.7 Å². The van der Waals surface area contributed by atoms with Crippen LogP contribution in [0.15, 0.2) is 72.8 Å². The van der Waals surface area contributed by atoms with Gasteiger partial charge in [0.2, 0.25) is 0 Å². The van der Waals surface area contributed by atoms with Crippen molar-refractivity contribution in [3.63, 3.8) is 0 Å². The Balaban J connectivity index is 1.72. The van der Waals surface area contributed by atoms with Crippen molar-refractivity contribution in [2.45, 2.75) is 6.54 Å². The number of anilines is 2. The number of hydrogen-bond donors (Lipinski definition) is 2. The third-order valence-corrected chi connectivity index (χ3v) is 5.11. The molecule has 0 saturated heterocycles. The molecule has 0 amide bonds. The third-order valence-electron chi connectivity index (χ3n) is 5.11. The first-order valence-corrected chi connectivity index (χ1v) is 9.85. The quantitative estimate of drug-likeness (QED) is 0.614. The van der Waals surface area contributed by atoms with Gasteiger partial charge in [-0.3, -0.25) is 0 Å². The largest absolute Gasteiger partial charge is 0.497 e. The molecule has 148 valence electrons. The minimum absolute atomic E-state index is 0.798. The smallest absolute Gasteiger partial charge is 0.118 e. The van der Waals surface area contributed by atoms with Gasteiger partial charge < -0.3 is 20.3 Å². The van der Waals surface area contributed by atoms with Crippen LogP contribution in [-0.2, 0) is 6.54 Å². The molecular formula is C25H27N3O. The second kappa shape index (κ2) is 8.41. The SMILES string of the molecule is COc1ccc(/C(Nc2ccc(CN(C)C)cc2)=C2/CNc3ccccc32)cc1. The highest BCUT2D eigenvalue weighted by Crippen LogP contribution is 2.36. The molecule has 1 heterocycles. The van der Waals surface area contributed by atoms with Crippen LogP contribution in [0.3, 0.4) is 0 Å². The van der Waals surface area contributed by atoms with Crippen molar-refractivity contribution in [1.82, 2.24) is 4.90 Å². The Bertz CT molecular complexity index is 1000. The summed E-state index contributed by atoms with van der Waals surface area (Å²) in [6.07, 6.45) is 0. The van der Waals surface area contributed by atoms with Crippen molar-refractivity contribution in [2.75, 3.05) is 38.4 Å². The van der Waals surface area contributed by atoms with E-state index in [-0.39, 0.29) is 0 Å². The van der Waals surface area contributed by atoms with Crippen LogP contribution in [0.2, 0.25) is 0 Å². The molecule has 0 atom stereocenters. The van der Waals surface area contributed by atoms with E-state index in [2.05, 4.69) is 90.3 Å². The Hall–Kier alpha value is -3.24. The van der Waals surface area contributed by atoms with Gasteiger partial charge in [0.15, 0.2) is 0 Å². The van der Waals surface area contributed by atoms with Gasteiger partial charge in [-0.25, -0.2) is 0 Å². The number of ether oxygens (including phenoxy) is 1. The molecule has 2 N–H and O–H groups in total. The predicted molar refractivity (Wildman–Crippen MR) is 122 cm³/mol. The summed E-state index contributed by atoms with van der Waals surface area (Å²) in [5.74, 6) is 0.857. The van der Waals surface area contributed by atoms with Crippen LogP contribution < -0.4 is 15.4 Å². The van der Waals surface area contributed by atoms with Crippen molar-refractivity contribution < 1.29 is 4.74 Å². The zero-order chi connectivity index (χ0) is 20.2. The highest BCUT2D eigenvalue weighted by atomic mass is 16.5. The standard InChI is InChI=1S/C25H27N3O/c1-28(2)17-18-8-12-20(13-9-18)27-25(19-10-14-21(29-3)15-11-19)23-16-26-24-7-5-4-6-22(23)24/h4-15,26-27H,16-17H2,1-3H3/b25-23+. The summed E-state index contributed by atoms with van der Waals surface area (Å²) in [7, 11) is 5.87. The highest BCUT2D eigenvalue weighted by Gasteiger charge is 2.20. The van der Waals surface area contributed by atoms with Crippen LogP contribution in [0, 0.1) is 0 Å². The molecule has 4 heteroatoms. The van der Waals surface area contributed by atoms with Gasteiger partial charge in [-0.2, -0.15) is 0 Å². The number of methoxy groups -OCH3 is 1. The molecule has 0 aromatic heterocycles. The van der Waals surface area contributed by atoms with E-state index in [1.807, 2.05) is 12.1 Å². The van der Waals surface area contributed by atoms with Gasteiger partial charge in [0.25, 0.3) is 0 Å². The Morgan fingerprint density at radius 1 is 0.966 bits per heavy atom. The summed E-state index contributed by atoms with van der Waals surface area (Å²) in [6, 6.07) is 25.3. The molecular weight excluding hydrogens is 358 g/mol. The molecule has 0 fully saturated rings. The minimum Gasteiger partial charge on any atom is -0.497 e. The van der Waals surface area contributed by atoms with E-state index in [0.717, 1.165) is 35.8 Å². The van der Waals surface area contributed by atoms with Crippen LogP contribution in [0.4, 0.5) is 11.4 Å². The van der Waals surface area contributed by atoms with Crippen LogP contribution in [0.5, 0.6) is 5.75 Å². The summed E-state index contributed by atoms with van der Waals surface area (Å²) < 4.78 is 5.34. The molecule has 1 aliphatic rings. The number of fused-ring (bicyclic) bond motifs is 1. The average molecular weight is 386 g/mol. The van der Waals surface area contributed by atoms with Crippen molar-refractivity contribution in [3.05, 3.63) is 89.5 Å². The minimum atomic E-state index is 0.798. The molecule has 0 radical (unpaired) electrons. The fourth-order valence-electron chi connectivity index (χ4n) is 3.68. The lowest BCUT2D eigenvalue weighted by molar-refractivity contribution is 0.402. The molecule has 4 nitrogen and oxygen atoms in total. The highest BCUT2D eigenvalue weighted by molar-refractivity contribution is 6.02. The monoisotopic (exact) mass is 385 g/mol. The fourth-order valence-corrected chi connectivity index (χ4v) is 3.68. The normalized spacial score (nSPS) is 14.3. The van der Waals surface area contributed by atoms with E-state index in [0.29, 0.717) is 0 Å². The Morgan fingerprint density at radius 2 is 1.69 bits per heavy atom. The lowest BCUT2D eigenvalue weighted by Gasteiger charge is -2.17. The molecule has 1 aliphatic heterocycles. The van der Waals surface area contributed by atoms with Gasteiger partial charge in [0, 0.05) is 35.6 Å². The van der Waals surface area contributed by atoms with E-state index >= 15 is 0 Å². The predicted octanol–water partition coefficient (Wildman–Crippen LogP) is 5.16. The molecule has 29 heavy (non-hydrogen) atoms. The zero-order valence-electron chi connectivity index (χ0n) is 17.2. The maximum absolute atomic E-state index is 5.34. The Morgan fingerprint density at radius 3 is 2.38 bits per heavy atom. The van der Waals surface area contributed by atoms with Crippen LogP contribution in [-0.4, -0.2) is 32.6 Å². The van der Waals surface area contributed by atoms with Crippen LogP contribution in [0.25, 0.3) is 11.3 Å². The van der Waals surface area contributed by atoms with Crippen molar-refractivity contribution in [3.8, 4) is 5.75 Å². The molecule has 0 spiro atoms. The lowest BCUT2D eigenvalue weighted by Crippen LogP contribution is -2.10. The van der Waals surface area contributed by atoms with Crippen molar-refractivity contribution in [1.29, 1.82) is 0 Å². The molecule has 0 bridgehead atoms. The van der Waals surface area contributed by atoms with E-state index < -0.39 is 0 Å². The summed E-state index contributed by atoms with van der Waals surface area (Å²) in [5.41, 5.74) is 8.32. The third kappa shape index (κ3) is 4.28.